The molecule has 1 heterocycles. The third kappa shape index (κ3) is 4.55. The van der Waals surface area contributed by atoms with Crippen molar-refractivity contribution >= 4 is 38.1 Å². The highest BCUT2D eigenvalue weighted by Crippen LogP contribution is 2.25. The number of nitrogens with one attached hydrogen (secondary N) is 3. The van der Waals surface area contributed by atoms with Gasteiger partial charge < -0.3 is 10.1 Å². The lowest BCUT2D eigenvalue weighted by atomic mass is 10.1. The number of amides is 1. The number of anilines is 2. The zero-order chi connectivity index (χ0) is 23.6. The topological polar surface area (TPSA) is 130 Å². The highest BCUT2D eigenvalue weighted by atomic mass is 32.2. The second-order valence-electron chi connectivity index (χ2n) is 7.22. The van der Waals surface area contributed by atoms with Crippen LogP contribution in [0.1, 0.15) is 16.1 Å². The SMILES string of the molecule is COc1ccc(NS(=O)(=O)c2cc(NC(=O)c3n[nH]c(=O)c4ccccc34)ccc2C)cc1. The first-order valence-electron chi connectivity index (χ1n) is 9.85. The molecule has 3 N–H and O–H groups in total. The molecule has 4 rings (SSSR count). The van der Waals surface area contributed by atoms with E-state index in [-0.39, 0.29) is 16.3 Å². The fourth-order valence-electron chi connectivity index (χ4n) is 3.31. The van der Waals surface area contributed by atoms with E-state index in [4.69, 9.17) is 4.74 Å². The summed E-state index contributed by atoms with van der Waals surface area (Å²) in [5, 5.41) is 9.55. The number of methoxy groups -OCH3 is 1. The normalized spacial score (nSPS) is 11.2. The van der Waals surface area contributed by atoms with Gasteiger partial charge in [-0.05, 0) is 55.0 Å². The van der Waals surface area contributed by atoms with E-state index in [2.05, 4.69) is 20.2 Å². The number of carbonyl (C=O) groups is 1. The van der Waals surface area contributed by atoms with Crippen LogP contribution in [-0.4, -0.2) is 31.6 Å². The van der Waals surface area contributed by atoms with Gasteiger partial charge in [0.15, 0.2) is 5.69 Å². The van der Waals surface area contributed by atoms with Crippen LogP contribution in [0.3, 0.4) is 0 Å². The van der Waals surface area contributed by atoms with Gasteiger partial charge in [-0.1, -0.05) is 24.3 Å². The predicted molar refractivity (Wildman–Crippen MR) is 125 cm³/mol. The zero-order valence-electron chi connectivity index (χ0n) is 17.7. The van der Waals surface area contributed by atoms with Crippen LogP contribution < -0.4 is 20.3 Å². The zero-order valence-corrected chi connectivity index (χ0v) is 18.6. The van der Waals surface area contributed by atoms with Crippen LogP contribution in [0, 0.1) is 6.92 Å². The van der Waals surface area contributed by atoms with Crippen LogP contribution in [0.15, 0.2) is 76.4 Å². The van der Waals surface area contributed by atoms with Crippen molar-refractivity contribution in [3.63, 3.8) is 0 Å². The number of benzene rings is 3. The highest BCUT2D eigenvalue weighted by Gasteiger charge is 2.20. The minimum absolute atomic E-state index is 0.00963. The molecule has 0 aliphatic rings. The van der Waals surface area contributed by atoms with Crippen molar-refractivity contribution < 1.29 is 17.9 Å². The Hall–Kier alpha value is -4.18. The van der Waals surface area contributed by atoms with E-state index in [0.29, 0.717) is 27.8 Å². The summed E-state index contributed by atoms with van der Waals surface area (Å²) in [6, 6.07) is 17.6. The third-order valence-corrected chi connectivity index (χ3v) is 6.51. The van der Waals surface area contributed by atoms with E-state index in [1.165, 1.54) is 13.2 Å². The summed E-state index contributed by atoms with van der Waals surface area (Å²) in [5.41, 5.74) is 0.745. The van der Waals surface area contributed by atoms with Crippen LogP contribution in [0.2, 0.25) is 0 Å². The molecule has 4 aromatic rings. The van der Waals surface area contributed by atoms with Crippen LogP contribution in [0.25, 0.3) is 10.8 Å². The molecule has 9 nitrogen and oxygen atoms in total. The first-order valence-corrected chi connectivity index (χ1v) is 11.3. The number of aryl methyl sites for hydroxylation is 1. The van der Waals surface area contributed by atoms with Gasteiger partial charge in [0, 0.05) is 16.8 Å². The molecule has 33 heavy (non-hydrogen) atoms. The molecule has 0 spiro atoms. The Morgan fingerprint density at radius 3 is 2.33 bits per heavy atom. The van der Waals surface area contributed by atoms with Crippen molar-refractivity contribution in [2.45, 2.75) is 11.8 Å². The number of sulfonamides is 1. The van der Waals surface area contributed by atoms with E-state index in [1.54, 1.807) is 67.6 Å². The summed E-state index contributed by atoms with van der Waals surface area (Å²) in [6.07, 6.45) is 0. The van der Waals surface area contributed by atoms with Crippen LogP contribution >= 0.6 is 0 Å². The molecule has 0 unspecified atom stereocenters. The Kier molecular flexibility index (Phi) is 5.84. The maximum Gasteiger partial charge on any atom is 0.276 e. The number of aromatic nitrogens is 2. The quantitative estimate of drug-likeness (QED) is 0.401. The van der Waals surface area contributed by atoms with Crippen molar-refractivity contribution in [1.82, 2.24) is 10.2 Å². The number of aromatic amines is 1. The number of rotatable bonds is 6. The van der Waals surface area contributed by atoms with E-state index < -0.39 is 21.5 Å². The van der Waals surface area contributed by atoms with Gasteiger partial charge in [-0.2, -0.15) is 5.10 Å². The van der Waals surface area contributed by atoms with Crippen molar-refractivity contribution in [3.8, 4) is 5.75 Å². The molecule has 0 fully saturated rings. The fourth-order valence-corrected chi connectivity index (χ4v) is 4.65. The molecule has 10 heteroatoms. The molecule has 0 saturated heterocycles. The second-order valence-corrected chi connectivity index (χ2v) is 8.87. The Balaban J connectivity index is 1.63. The maximum absolute atomic E-state index is 13.0. The molecular formula is C23H20N4O5S. The molecule has 3 aromatic carbocycles. The molecule has 1 amide bonds. The van der Waals surface area contributed by atoms with E-state index in [1.807, 2.05) is 0 Å². The summed E-state index contributed by atoms with van der Waals surface area (Å²) in [6.45, 7) is 1.66. The van der Waals surface area contributed by atoms with E-state index in [0.717, 1.165) is 0 Å². The number of hydrogen-bond acceptors (Lipinski definition) is 6. The molecule has 0 aliphatic carbocycles. The lowest BCUT2D eigenvalue weighted by Gasteiger charge is -2.13. The fraction of sp³-hybridized carbons (Fsp3) is 0.0870. The minimum atomic E-state index is -3.93. The van der Waals surface area contributed by atoms with Crippen molar-refractivity contribution in [2.24, 2.45) is 0 Å². The average Bonchev–Trinajstić information content (AvgIpc) is 2.81. The molecule has 0 radical (unpaired) electrons. The molecule has 168 valence electrons. The number of ether oxygens (including phenoxy) is 1. The van der Waals surface area contributed by atoms with Gasteiger partial charge in [0.1, 0.15) is 5.75 Å². The van der Waals surface area contributed by atoms with Crippen LogP contribution in [-0.2, 0) is 10.0 Å². The summed E-state index contributed by atoms with van der Waals surface area (Å²) in [7, 11) is -2.41. The largest absolute Gasteiger partial charge is 0.497 e. The lowest BCUT2D eigenvalue weighted by Crippen LogP contribution is -2.20. The van der Waals surface area contributed by atoms with E-state index >= 15 is 0 Å². The first kappa shape index (κ1) is 22.0. The summed E-state index contributed by atoms with van der Waals surface area (Å²) < 4.78 is 33.6. The third-order valence-electron chi connectivity index (χ3n) is 4.99. The Morgan fingerprint density at radius 2 is 1.64 bits per heavy atom. The number of hydrogen-bond donors (Lipinski definition) is 3. The van der Waals surface area contributed by atoms with Gasteiger partial charge >= 0.3 is 0 Å². The van der Waals surface area contributed by atoms with Crippen molar-refractivity contribution in [1.29, 1.82) is 0 Å². The lowest BCUT2D eigenvalue weighted by molar-refractivity contribution is 0.102. The number of H-pyrrole nitrogens is 1. The van der Waals surface area contributed by atoms with Gasteiger partial charge in [-0.25, -0.2) is 13.5 Å². The van der Waals surface area contributed by atoms with Crippen LogP contribution in [0.5, 0.6) is 5.75 Å². The number of nitrogens with zero attached hydrogens (tertiary/aromatic N) is 1. The second kappa shape index (κ2) is 8.75. The molecular weight excluding hydrogens is 444 g/mol. The molecule has 0 aliphatic heterocycles. The van der Waals surface area contributed by atoms with Gasteiger partial charge in [-0.3, -0.25) is 14.3 Å². The molecule has 0 saturated carbocycles. The van der Waals surface area contributed by atoms with Gasteiger partial charge in [0.2, 0.25) is 0 Å². The minimum Gasteiger partial charge on any atom is -0.497 e. The van der Waals surface area contributed by atoms with Gasteiger partial charge in [-0.15, -0.1) is 0 Å². The van der Waals surface area contributed by atoms with Crippen LogP contribution in [0.4, 0.5) is 11.4 Å². The summed E-state index contributed by atoms with van der Waals surface area (Å²) in [4.78, 5) is 24.8. The first-order chi connectivity index (χ1) is 15.8. The van der Waals surface area contributed by atoms with Crippen molar-refractivity contribution in [2.75, 3.05) is 17.1 Å². The monoisotopic (exact) mass is 464 g/mol. The predicted octanol–water partition coefficient (Wildman–Crippen LogP) is 3.29. The smallest absolute Gasteiger partial charge is 0.276 e. The molecule has 1 aromatic heterocycles. The average molecular weight is 465 g/mol. The Labute approximate surface area is 189 Å². The van der Waals surface area contributed by atoms with Gasteiger partial charge in [0.05, 0.1) is 17.4 Å². The number of fused-ring (bicyclic) bond motifs is 1. The standard InChI is InChI=1S/C23H20N4O5S/c1-14-7-8-16(13-20(14)33(30,31)27-15-9-11-17(32-2)12-10-15)24-23(29)21-18-5-3-4-6-19(18)22(28)26-25-21/h3-13,27H,1-2H3,(H,24,29)(H,26,28). The Bertz CT molecular complexity index is 1510. The Morgan fingerprint density at radius 1 is 0.970 bits per heavy atom. The maximum atomic E-state index is 13.0. The van der Waals surface area contributed by atoms with Gasteiger partial charge in [0.25, 0.3) is 21.5 Å². The summed E-state index contributed by atoms with van der Waals surface area (Å²) >= 11 is 0. The summed E-state index contributed by atoms with van der Waals surface area (Å²) in [5.74, 6) is 0.0139. The van der Waals surface area contributed by atoms with E-state index in [9.17, 15) is 18.0 Å². The number of carbonyl (C=O) groups excluding carboxylic acids is 1. The molecule has 0 bridgehead atoms. The van der Waals surface area contributed by atoms with Crippen molar-refractivity contribution in [3.05, 3.63) is 88.3 Å². The highest BCUT2D eigenvalue weighted by molar-refractivity contribution is 7.92. The molecule has 0 atom stereocenters.